The summed E-state index contributed by atoms with van der Waals surface area (Å²) < 4.78 is 0. The molecule has 3 N–H and O–H groups in total. The molecule has 3 rings (SSSR count). The lowest BCUT2D eigenvalue weighted by Gasteiger charge is -2.12. The maximum absolute atomic E-state index is 6.28. The first-order valence-corrected chi connectivity index (χ1v) is 8.53. The van der Waals surface area contributed by atoms with E-state index in [1.54, 1.807) is 0 Å². The van der Waals surface area contributed by atoms with Gasteiger partial charge in [-0.1, -0.05) is 35.5 Å². The molecule has 0 spiro atoms. The zero-order valence-corrected chi connectivity index (χ0v) is 14.8. The van der Waals surface area contributed by atoms with E-state index in [2.05, 4.69) is 78.5 Å². The van der Waals surface area contributed by atoms with E-state index in [0.29, 0.717) is 11.5 Å². The molecule has 0 aliphatic carbocycles. The molecular weight excluding hydrogens is 316 g/mol. The van der Waals surface area contributed by atoms with Gasteiger partial charge in [0.25, 0.3) is 0 Å². The molecule has 2 aromatic carbocycles. The average molecular weight is 336 g/mol. The van der Waals surface area contributed by atoms with Crippen LogP contribution in [0.15, 0.2) is 58.7 Å². The van der Waals surface area contributed by atoms with Crippen molar-refractivity contribution >= 4 is 29.0 Å². The van der Waals surface area contributed by atoms with Crippen molar-refractivity contribution in [3.63, 3.8) is 0 Å². The highest BCUT2D eigenvalue weighted by atomic mass is 32.2. The van der Waals surface area contributed by atoms with Crippen LogP contribution in [0.4, 0.5) is 17.2 Å². The van der Waals surface area contributed by atoms with E-state index in [4.69, 9.17) is 5.73 Å². The number of anilines is 3. The maximum atomic E-state index is 6.28. The Bertz CT molecular complexity index is 839. The Morgan fingerprint density at radius 1 is 0.875 bits per heavy atom. The third-order valence-electron chi connectivity index (χ3n) is 3.57. The van der Waals surface area contributed by atoms with Gasteiger partial charge in [-0.15, -0.1) is 0 Å². The van der Waals surface area contributed by atoms with Crippen molar-refractivity contribution in [2.24, 2.45) is 0 Å². The lowest BCUT2D eigenvalue weighted by atomic mass is 10.1. The van der Waals surface area contributed by atoms with Crippen LogP contribution in [0.3, 0.4) is 0 Å². The molecule has 122 valence electrons. The summed E-state index contributed by atoms with van der Waals surface area (Å²) in [7, 11) is 0. The van der Waals surface area contributed by atoms with Gasteiger partial charge in [0.05, 0.1) is 0 Å². The molecule has 0 radical (unpaired) electrons. The van der Waals surface area contributed by atoms with E-state index < -0.39 is 0 Å². The fourth-order valence-corrected chi connectivity index (χ4v) is 3.26. The summed E-state index contributed by atoms with van der Waals surface area (Å²) in [5.41, 5.74) is 11.4. The molecule has 0 aliphatic heterocycles. The van der Waals surface area contributed by atoms with Gasteiger partial charge in [-0.25, -0.2) is 9.97 Å². The standard InChI is InChI=1S/C19H20N4S/c1-12-4-6-16(7-5-12)24-19-17(20)18(21-11-22-19)23-15-9-13(2)8-14(3)10-15/h4-11H,20H2,1-3H3,(H,21,22,23). The monoisotopic (exact) mass is 336 g/mol. The Kier molecular flexibility index (Phi) is 4.71. The van der Waals surface area contributed by atoms with Crippen LogP contribution >= 0.6 is 11.8 Å². The molecule has 0 bridgehead atoms. The molecule has 4 nitrogen and oxygen atoms in total. The lowest BCUT2D eigenvalue weighted by molar-refractivity contribution is 1.06. The van der Waals surface area contributed by atoms with Gasteiger partial charge >= 0.3 is 0 Å². The number of nitrogen functional groups attached to an aromatic ring is 1. The second kappa shape index (κ2) is 6.93. The van der Waals surface area contributed by atoms with Crippen LogP contribution in [0, 0.1) is 20.8 Å². The van der Waals surface area contributed by atoms with E-state index in [9.17, 15) is 0 Å². The minimum atomic E-state index is 0.558. The molecule has 0 amide bonds. The van der Waals surface area contributed by atoms with Crippen molar-refractivity contribution in [2.75, 3.05) is 11.1 Å². The number of rotatable bonds is 4. The number of hydrogen-bond acceptors (Lipinski definition) is 5. The van der Waals surface area contributed by atoms with Crippen LogP contribution in [-0.2, 0) is 0 Å². The highest BCUT2D eigenvalue weighted by molar-refractivity contribution is 7.99. The molecule has 0 saturated carbocycles. The number of aromatic nitrogens is 2. The molecule has 0 fully saturated rings. The van der Waals surface area contributed by atoms with E-state index in [0.717, 1.165) is 15.6 Å². The van der Waals surface area contributed by atoms with Crippen LogP contribution in [-0.4, -0.2) is 9.97 Å². The van der Waals surface area contributed by atoms with Gasteiger partial charge in [-0.2, -0.15) is 0 Å². The Morgan fingerprint density at radius 3 is 2.21 bits per heavy atom. The molecule has 0 atom stereocenters. The fraction of sp³-hybridized carbons (Fsp3) is 0.158. The van der Waals surface area contributed by atoms with Gasteiger partial charge in [0, 0.05) is 10.6 Å². The van der Waals surface area contributed by atoms with Gasteiger partial charge in [-0.3, -0.25) is 0 Å². The smallest absolute Gasteiger partial charge is 0.158 e. The minimum Gasteiger partial charge on any atom is -0.394 e. The van der Waals surface area contributed by atoms with Crippen molar-refractivity contribution in [2.45, 2.75) is 30.7 Å². The second-order valence-electron chi connectivity index (χ2n) is 5.86. The van der Waals surface area contributed by atoms with Gasteiger partial charge < -0.3 is 11.1 Å². The van der Waals surface area contributed by atoms with Crippen LogP contribution < -0.4 is 11.1 Å². The number of benzene rings is 2. The maximum Gasteiger partial charge on any atom is 0.158 e. The van der Waals surface area contributed by atoms with Gasteiger partial charge in [-0.05, 0) is 56.2 Å². The second-order valence-corrected chi connectivity index (χ2v) is 6.92. The summed E-state index contributed by atoms with van der Waals surface area (Å²) in [5, 5.41) is 4.05. The third kappa shape index (κ3) is 3.86. The SMILES string of the molecule is Cc1ccc(Sc2ncnc(Nc3cc(C)cc(C)c3)c2N)cc1. The van der Waals surface area contributed by atoms with E-state index in [-0.39, 0.29) is 0 Å². The zero-order chi connectivity index (χ0) is 17.1. The first-order chi connectivity index (χ1) is 11.5. The highest BCUT2D eigenvalue weighted by Crippen LogP contribution is 2.34. The number of nitrogens with zero attached hydrogens (tertiary/aromatic N) is 2. The molecule has 3 aromatic rings. The van der Waals surface area contributed by atoms with Crippen molar-refractivity contribution < 1.29 is 0 Å². The molecule has 1 aromatic heterocycles. The Morgan fingerprint density at radius 2 is 1.54 bits per heavy atom. The summed E-state index contributed by atoms with van der Waals surface area (Å²) in [6, 6.07) is 14.6. The lowest BCUT2D eigenvalue weighted by Crippen LogP contribution is -2.02. The Hall–Kier alpha value is -2.53. The minimum absolute atomic E-state index is 0.558. The molecule has 0 saturated heterocycles. The van der Waals surface area contributed by atoms with Crippen LogP contribution in [0.25, 0.3) is 0 Å². The van der Waals surface area contributed by atoms with E-state index >= 15 is 0 Å². The molecule has 1 heterocycles. The summed E-state index contributed by atoms with van der Waals surface area (Å²) in [6.07, 6.45) is 1.54. The summed E-state index contributed by atoms with van der Waals surface area (Å²) >= 11 is 1.54. The first-order valence-electron chi connectivity index (χ1n) is 7.71. The van der Waals surface area contributed by atoms with Crippen molar-refractivity contribution in [3.05, 3.63) is 65.5 Å². The molecule has 0 unspecified atom stereocenters. The number of hydrogen-bond donors (Lipinski definition) is 2. The number of aryl methyl sites for hydroxylation is 3. The summed E-state index contributed by atoms with van der Waals surface area (Å²) in [4.78, 5) is 9.71. The Labute approximate surface area is 146 Å². The van der Waals surface area contributed by atoms with Gasteiger partial charge in [0.1, 0.15) is 17.0 Å². The third-order valence-corrected chi connectivity index (χ3v) is 4.59. The first kappa shape index (κ1) is 16.3. The largest absolute Gasteiger partial charge is 0.394 e. The van der Waals surface area contributed by atoms with Crippen molar-refractivity contribution in [1.82, 2.24) is 9.97 Å². The van der Waals surface area contributed by atoms with Crippen LogP contribution in [0.5, 0.6) is 0 Å². The predicted octanol–water partition coefficient (Wildman–Crippen LogP) is 4.88. The van der Waals surface area contributed by atoms with Crippen LogP contribution in [0.2, 0.25) is 0 Å². The quantitative estimate of drug-likeness (QED) is 0.665. The topological polar surface area (TPSA) is 63.8 Å². The molecule has 5 heteroatoms. The Balaban J connectivity index is 1.86. The zero-order valence-electron chi connectivity index (χ0n) is 14.0. The summed E-state index contributed by atoms with van der Waals surface area (Å²) in [6.45, 7) is 6.21. The van der Waals surface area contributed by atoms with Crippen molar-refractivity contribution in [3.8, 4) is 0 Å². The summed E-state index contributed by atoms with van der Waals surface area (Å²) in [5.74, 6) is 0.629. The fourth-order valence-electron chi connectivity index (χ4n) is 2.46. The average Bonchev–Trinajstić information content (AvgIpc) is 2.52. The van der Waals surface area contributed by atoms with Gasteiger partial charge in [0.2, 0.25) is 0 Å². The molecule has 0 aliphatic rings. The molecular formula is C19H20N4S. The highest BCUT2D eigenvalue weighted by Gasteiger charge is 2.10. The van der Waals surface area contributed by atoms with Crippen molar-refractivity contribution in [1.29, 1.82) is 0 Å². The van der Waals surface area contributed by atoms with Gasteiger partial charge in [0.15, 0.2) is 5.82 Å². The number of nitrogens with two attached hydrogens (primary N) is 1. The van der Waals surface area contributed by atoms with E-state index in [1.165, 1.54) is 34.8 Å². The van der Waals surface area contributed by atoms with Crippen LogP contribution in [0.1, 0.15) is 16.7 Å². The number of nitrogens with one attached hydrogen (secondary N) is 1. The predicted molar refractivity (Wildman–Crippen MR) is 101 cm³/mol. The molecule has 24 heavy (non-hydrogen) atoms. The normalized spacial score (nSPS) is 10.6. The van der Waals surface area contributed by atoms with E-state index in [1.807, 2.05) is 0 Å².